The van der Waals surface area contributed by atoms with E-state index in [4.69, 9.17) is 0 Å². The summed E-state index contributed by atoms with van der Waals surface area (Å²) in [5.74, 6) is 1.59. The molecule has 5 heteroatoms. The van der Waals surface area contributed by atoms with E-state index in [-0.39, 0.29) is 12.1 Å². The van der Waals surface area contributed by atoms with E-state index in [1.807, 2.05) is 12.1 Å². The van der Waals surface area contributed by atoms with E-state index in [0.717, 1.165) is 26.1 Å². The first-order chi connectivity index (χ1) is 15.5. The molecule has 1 saturated carbocycles. The van der Waals surface area contributed by atoms with E-state index < -0.39 is 0 Å². The Labute approximate surface area is 194 Å². The average molecular weight is 442 g/mol. The largest absolute Gasteiger partial charge is 0.508 e. The van der Waals surface area contributed by atoms with Crippen LogP contribution in [0.25, 0.3) is 0 Å². The molecule has 3 aliphatic rings. The van der Waals surface area contributed by atoms with E-state index in [2.05, 4.69) is 35.0 Å². The molecular formula is C27H43N3O2. The van der Waals surface area contributed by atoms with Gasteiger partial charge in [-0.2, -0.15) is 0 Å². The Morgan fingerprint density at radius 1 is 1.16 bits per heavy atom. The standard InChI is InChI=1S/C27H43N3O2/c1-3-20(2)28-27(32)29(19-21-8-5-4-6-9-21)14-15-30-24-12-13-25(30)17-23(16-24)22-10-7-11-26(31)18-22/h7,10-11,18,20-21,23-25,31H,3-6,8-9,12-17,19H2,1-2H3,(H,28,32)/t20?,23?,24-,25+. The molecule has 2 unspecified atom stereocenters. The number of aromatic hydroxyl groups is 1. The molecule has 178 valence electrons. The van der Waals surface area contributed by atoms with Gasteiger partial charge in [-0.25, -0.2) is 4.79 Å². The van der Waals surface area contributed by atoms with Crippen molar-refractivity contribution in [3.63, 3.8) is 0 Å². The normalized spacial score (nSPS) is 27.2. The minimum absolute atomic E-state index is 0.131. The van der Waals surface area contributed by atoms with Gasteiger partial charge in [-0.15, -0.1) is 0 Å². The number of nitrogens with one attached hydrogen (secondary N) is 1. The van der Waals surface area contributed by atoms with Gasteiger partial charge in [0.15, 0.2) is 0 Å². The van der Waals surface area contributed by atoms with Crippen LogP contribution in [0.5, 0.6) is 5.75 Å². The number of piperidine rings is 1. The number of carbonyl (C=O) groups excluding carboxylic acids is 1. The Balaban J connectivity index is 1.36. The van der Waals surface area contributed by atoms with Crippen molar-refractivity contribution in [1.82, 2.24) is 15.1 Å². The molecule has 0 radical (unpaired) electrons. The molecule has 5 nitrogen and oxygen atoms in total. The zero-order chi connectivity index (χ0) is 22.5. The fourth-order valence-corrected chi connectivity index (χ4v) is 6.29. The van der Waals surface area contributed by atoms with Crippen molar-refractivity contribution in [3.8, 4) is 5.75 Å². The first kappa shape index (κ1) is 23.4. The minimum Gasteiger partial charge on any atom is -0.508 e. The van der Waals surface area contributed by atoms with Crippen molar-refractivity contribution in [3.05, 3.63) is 29.8 Å². The zero-order valence-corrected chi connectivity index (χ0v) is 20.1. The number of hydrogen-bond donors (Lipinski definition) is 2. The lowest BCUT2D eigenvalue weighted by Crippen LogP contribution is -2.51. The number of phenols is 1. The van der Waals surface area contributed by atoms with Crippen LogP contribution in [0.3, 0.4) is 0 Å². The van der Waals surface area contributed by atoms with Crippen LogP contribution >= 0.6 is 0 Å². The summed E-state index contributed by atoms with van der Waals surface area (Å²) in [4.78, 5) is 17.9. The van der Waals surface area contributed by atoms with Crippen molar-refractivity contribution >= 4 is 6.03 Å². The number of carbonyl (C=O) groups is 1. The molecule has 3 fully saturated rings. The van der Waals surface area contributed by atoms with Crippen LogP contribution in [-0.2, 0) is 0 Å². The third-order valence-electron chi connectivity index (χ3n) is 8.33. The van der Waals surface area contributed by atoms with Crippen LogP contribution in [0.4, 0.5) is 4.79 Å². The first-order valence-corrected chi connectivity index (χ1v) is 13.1. The van der Waals surface area contributed by atoms with Gasteiger partial charge in [-0.1, -0.05) is 38.3 Å². The Morgan fingerprint density at radius 3 is 2.53 bits per heavy atom. The highest BCUT2D eigenvalue weighted by molar-refractivity contribution is 5.74. The van der Waals surface area contributed by atoms with Gasteiger partial charge >= 0.3 is 6.03 Å². The Bertz CT molecular complexity index is 734. The molecular weight excluding hydrogens is 398 g/mol. The summed E-state index contributed by atoms with van der Waals surface area (Å²) >= 11 is 0. The maximum Gasteiger partial charge on any atom is 0.317 e. The molecule has 0 spiro atoms. The highest BCUT2D eigenvalue weighted by atomic mass is 16.3. The molecule has 2 N–H and O–H groups in total. The van der Waals surface area contributed by atoms with Gasteiger partial charge in [0.2, 0.25) is 0 Å². The second-order valence-electron chi connectivity index (χ2n) is 10.6. The van der Waals surface area contributed by atoms with E-state index in [9.17, 15) is 9.90 Å². The summed E-state index contributed by atoms with van der Waals surface area (Å²) in [7, 11) is 0. The maximum atomic E-state index is 13.1. The summed E-state index contributed by atoms with van der Waals surface area (Å²) in [5, 5.41) is 13.1. The van der Waals surface area contributed by atoms with Crippen LogP contribution in [0.2, 0.25) is 0 Å². The highest BCUT2D eigenvalue weighted by Crippen LogP contribution is 2.43. The Hall–Kier alpha value is -1.75. The fraction of sp³-hybridized carbons (Fsp3) is 0.741. The van der Waals surface area contributed by atoms with Crippen molar-refractivity contribution in [2.24, 2.45) is 5.92 Å². The molecule has 4 atom stereocenters. The monoisotopic (exact) mass is 441 g/mol. The predicted octanol–water partition coefficient (Wildman–Crippen LogP) is 5.49. The van der Waals surface area contributed by atoms with Crippen LogP contribution in [0, 0.1) is 5.92 Å². The minimum atomic E-state index is 0.131. The molecule has 2 heterocycles. The van der Waals surface area contributed by atoms with E-state index in [1.54, 1.807) is 6.07 Å². The average Bonchev–Trinajstić information content (AvgIpc) is 3.03. The molecule has 1 aromatic carbocycles. The number of urea groups is 1. The van der Waals surface area contributed by atoms with Crippen LogP contribution < -0.4 is 5.32 Å². The van der Waals surface area contributed by atoms with Crippen molar-refractivity contribution < 1.29 is 9.90 Å². The lowest BCUT2D eigenvalue weighted by molar-refractivity contribution is 0.105. The van der Waals surface area contributed by atoms with Crippen molar-refractivity contribution in [1.29, 1.82) is 0 Å². The van der Waals surface area contributed by atoms with Crippen LogP contribution in [0.1, 0.15) is 89.5 Å². The zero-order valence-electron chi connectivity index (χ0n) is 20.1. The molecule has 1 aliphatic carbocycles. The van der Waals surface area contributed by atoms with Gasteiger partial charge in [0.1, 0.15) is 5.75 Å². The summed E-state index contributed by atoms with van der Waals surface area (Å²) in [6.45, 7) is 6.97. The summed E-state index contributed by atoms with van der Waals surface area (Å²) in [6.07, 6.45) is 12.4. The first-order valence-electron chi connectivity index (χ1n) is 13.1. The topological polar surface area (TPSA) is 55.8 Å². The molecule has 32 heavy (non-hydrogen) atoms. The molecule has 2 bridgehead atoms. The van der Waals surface area contributed by atoms with Gasteiger partial charge in [0.25, 0.3) is 0 Å². The smallest absolute Gasteiger partial charge is 0.317 e. The van der Waals surface area contributed by atoms with E-state index >= 15 is 0 Å². The number of nitrogens with zero attached hydrogens (tertiary/aromatic N) is 2. The maximum absolute atomic E-state index is 13.1. The number of rotatable bonds is 8. The molecule has 4 rings (SSSR count). The lowest BCUT2D eigenvalue weighted by Gasteiger charge is -2.40. The SMILES string of the molecule is CCC(C)NC(=O)N(CCN1[C@@H]2CC[C@H]1CC(c1cccc(O)c1)C2)CC1CCCCC1. The van der Waals surface area contributed by atoms with Crippen molar-refractivity contribution in [2.45, 2.75) is 102 Å². The molecule has 2 aliphatic heterocycles. The fourth-order valence-electron chi connectivity index (χ4n) is 6.29. The number of amides is 2. The van der Waals surface area contributed by atoms with Gasteiger partial charge in [-0.05, 0) is 81.4 Å². The predicted molar refractivity (Wildman–Crippen MR) is 130 cm³/mol. The van der Waals surface area contributed by atoms with Crippen LogP contribution in [-0.4, -0.2) is 58.7 Å². The van der Waals surface area contributed by atoms with Gasteiger partial charge in [-0.3, -0.25) is 4.90 Å². The Morgan fingerprint density at radius 2 is 1.88 bits per heavy atom. The third kappa shape index (κ3) is 5.78. The second kappa shape index (κ2) is 10.9. The molecule has 0 aromatic heterocycles. The quantitative estimate of drug-likeness (QED) is 0.561. The third-order valence-corrected chi connectivity index (χ3v) is 8.33. The molecule has 2 amide bonds. The van der Waals surface area contributed by atoms with Gasteiger partial charge in [0.05, 0.1) is 0 Å². The molecule has 2 saturated heterocycles. The number of phenolic OH excluding ortho intramolecular Hbond substituents is 1. The summed E-state index contributed by atoms with van der Waals surface area (Å²) < 4.78 is 0. The summed E-state index contributed by atoms with van der Waals surface area (Å²) in [5.41, 5.74) is 1.29. The van der Waals surface area contributed by atoms with Gasteiger partial charge in [0, 0.05) is 37.8 Å². The highest BCUT2D eigenvalue weighted by Gasteiger charge is 2.41. The lowest BCUT2D eigenvalue weighted by atomic mass is 9.85. The van der Waals surface area contributed by atoms with Gasteiger partial charge < -0.3 is 15.3 Å². The van der Waals surface area contributed by atoms with E-state index in [0.29, 0.717) is 29.7 Å². The van der Waals surface area contributed by atoms with Crippen molar-refractivity contribution in [2.75, 3.05) is 19.6 Å². The number of hydrogen-bond acceptors (Lipinski definition) is 3. The number of fused-ring (bicyclic) bond motifs is 2. The van der Waals surface area contributed by atoms with Crippen LogP contribution in [0.15, 0.2) is 24.3 Å². The summed E-state index contributed by atoms with van der Waals surface area (Å²) in [6, 6.07) is 9.43. The number of benzene rings is 1. The Kier molecular flexibility index (Phi) is 7.98. The van der Waals surface area contributed by atoms with E-state index in [1.165, 1.54) is 63.4 Å². The second-order valence-corrected chi connectivity index (χ2v) is 10.6. The molecule has 1 aromatic rings.